The van der Waals surface area contributed by atoms with Gasteiger partial charge in [0.05, 0.1) is 6.61 Å². The number of alkyl carbamates (subject to hydrolysis) is 2. The third-order valence-electron chi connectivity index (χ3n) is 7.05. The molecule has 14 heteroatoms. The molecule has 0 saturated heterocycles. The minimum Gasteiger partial charge on any atom is -0.465 e. The molecule has 0 aromatic heterocycles. The maximum Gasteiger partial charge on any atom is 0.408 e. The lowest BCUT2D eigenvalue weighted by Gasteiger charge is -2.25. The molecule has 5 amide bonds. The molecule has 0 aliphatic carbocycles. The minimum absolute atomic E-state index is 0.215. The molecule has 0 fully saturated rings. The van der Waals surface area contributed by atoms with E-state index in [2.05, 4.69) is 26.6 Å². The molecule has 50 heavy (non-hydrogen) atoms. The van der Waals surface area contributed by atoms with Crippen LogP contribution in [0.4, 0.5) is 14.4 Å². The lowest BCUT2D eigenvalue weighted by Crippen LogP contribution is -2.54. The van der Waals surface area contributed by atoms with Crippen LogP contribution in [0.1, 0.15) is 111 Å². The van der Waals surface area contributed by atoms with Gasteiger partial charge < -0.3 is 45.9 Å². The Morgan fingerprint density at radius 2 is 1.14 bits per heavy atom. The molecule has 1 aromatic carbocycles. The number of amides is 5. The van der Waals surface area contributed by atoms with E-state index in [1.165, 1.54) is 0 Å². The fourth-order valence-electron chi connectivity index (χ4n) is 4.69. The number of nitrogens with one attached hydrogen (secondary N) is 5. The Morgan fingerprint density at radius 3 is 1.74 bits per heavy atom. The highest BCUT2D eigenvalue weighted by Crippen LogP contribution is 2.11. The number of rotatable bonds is 23. The molecule has 0 saturated carbocycles. The van der Waals surface area contributed by atoms with Crippen LogP contribution in [0, 0.1) is 0 Å². The van der Waals surface area contributed by atoms with E-state index < -0.39 is 47.5 Å². The van der Waals surface area contributed by atoms with Crippen molar-refractivity contribution in [2.24, 2.45) is 0 Å². The van der Waals surface area contributed by atoms with Crippen LogP contribution in [0.25, 0.3) is 0 Å². The first-order valence-electron chi connectivity index (χ1n) is 17.7. The summed E-state index contributed by atoms with van der Waals surface area (Å²) in [6.07, 6.45) is 3.51. The zero-order valence-corrected chi connectivity index (χ0v) is 30.9. The summed E-state index contributed by atoms with van der Waals surface area (Å²) in [5.74, 6) is -0.899. The zero-order chi connectivity index (χ0) is 37.4. The van der Waals surface area contributed by atoms with Crippen molar-refractivity contribution in [2.45, 2.75) is 136 Å². The Hall–Kier alpha value is -4.07. The highest BCUT2D eigenvalue weighted by Gasteiger charge is 2.28. The van der Waals surface area contributed by atoms with Crippen molar-refractivity contribution in [3.63, 3.8) is 0 Å². The van der Waals surface area contributed by atoms with Crippen LogP contribution in [0.15, 0.2) is 30.3 Å². The molecule has 0 heterocycles. The molecular formula is C36H61N5O9. The Morgan fingerprint density at radius 1 is 0.620 bits per heavy atom. The van der Waals surface area contributed by atoms with Gasteiger partial charge in [-0.2, -0.15) is 0 Å². The topological polar surface area (TPSA) is 193 Å². The highest BCUT2D eigenvalue weighted by molar-refractivity contribution is 5.91. The molecule has 284 valence electrons. The number of unbranched alkanes of at least 4 members (excludes halogenated alkanes) is 5. The van der Waals surface area contributed by atoms with Gasteiger partial charge in [-0.05, 0) is 98.5 Å². The summed E-state index contributed by atoms with van der Waals surface area (Å²) in [5.41, 5.74) is -0.280. The number of benzene rings is 1. The molecule has 0 bridgehead atoms. The van der Waals surface area contributed by atoms with Gasteiger partial charge in [0, 0.05) is 26.2 Å². The standard InChI is InChI=1S/C36H61N5O9/c1-35(2,3)49-33(46)39-24-16-13-21-29(41-34(47)50-36(4,5)6)31(43)40-28(20-12-15-23-38-32(44)45)30(42)37-22-14-7-8-17-25-48-26-27-18-10-9-11-19-27/h9-11,18-19,28-29,38H,7-8,12-17,20-26H2,1-6H3,(H,37,42)(H,39,46)(H,40,43)(H,41,47)(H,44,45)/t28-,29-/m0/s1. The fourth-order valence-corrected chi connectivity index (χ4v) is 4.69. The Kier molecular flexibility index (Phi) is 21.2. The summed E-state index contributed by atoms with van der Waals surface area (Å²) in [6.45, 7) is 12.6. The van der Waals surface area contributed by atoms with Gasteiger partial charge in [-0.15, -0.1) is 0 Å². The van der Waals surface area contributed by atoms with E-state index in [1.54, 1.807) is 41.5 Å². The zero-order valence-electron chi connectivity index (χ0n) is 30.9. The van der Waals surface area contributed by atoms with Crippen molar-refractivity contribution in [2.75, 3.05) is 26.2 Å². The van der Waals surface area contributed by atoms with Gasteiger partial charge in [0.25, 0.3) is 0 Å². The minimum atomic E-state index is -1.13. The van der Waals surface area contributed by atoms with Gasteiger partial charge >= 0.3 is 18.3 Å². The first-order chi connectivity index (χ1) is 23.6. The second-order valence-electron chi connectivity index (χ2n) is 14.2. The van der Waals surface area contributed by atoms with E-state index >= 15 is 0 Å². The van der Waals surface area contributed by atoms with Crippen LogP contribution >= 0.6 is 0 Å². The van der Waals surface area contributed by atoms with E-state index in [4.69, 9.17) is 19.3 Å². The lowest BCUT2D eigenvalue weighted by atomic mass is 10.1. The maximum absolute atomic E-state index is 13.5. The first kappa shape index (κ1) is 44.0. The van der Waals surface area contributed by atoms with E-state index in [0.717, 1.165) is 31.2 Å². The SMILES string of the molecule is CC(C)(C)OC(=O)NCCCC[C@H](NC(=O)OC(C)(C)C)C(=O)N[C@@H](CCCCNC(=O)O)C(=O)NCCCCCCOCc1ccccc1. The van der Waals surface area contributed by atoms with Gasteiger partial charge in [0.2, 0.25) is 11.8 Å². The molecular weight excluding hydrogens is 646 g/mol. The van der Waals surface area contributed by atoms with Crippen molar-refractivity contribution in [3.05, 3.63) is 35.9 Å². The summed E-state index contributed by atoms with van der Waals surface area (Å²) in [5, 5.41) is 22.1. The molecule has 0 unspecified atom stereocenters. The van der Waals surface area contributed by atoms with Crippen LogP contribution in [0.2, 0.25) is 0 Å². The van der Waals surface area contributed by atoms with Crippen LogP contribution in [-0.2, 0) is 30.4 Å². The molecule has 0 radical (unpaired) electrons. The van der Waals surface area contributed by atoms with Crippen molar-refractivity contribution >= 4 is 30.1 Å². The second-order valence-corrected chi connectivity index (χ2v) is 14.2. The third kappa shape index (κ3) is 24.1. The fraction of sp³-hybridized carbons (Fsp3) is 0.694. The first-order valence-corrected chi connectivity index (χ1v) is 17.7. The highest BCUT2D eigenvalue weighted by atomic mass is 16.6. The summed E-state index contributed by atoms with van der Waals surface area (Å²) in [4.78, 5) is 62.1. The summed E-state index contributed by atoms with van der Waals surface area (Å²) < 4.78 is 16.3. The number of ether oxygens (including phenoxy) is 3. The molecule has 0 spiro atoms. The van der Waals surface area contributed by atoms with Gasteiger partial charge in [-0.3, -0.25) is 9.59 Å². The normalized spacial score (nSPS) is 12.6. The number of carbonyl (C=O) groups is 5. The lowest BCUT2D eigenvalue weighted by molar-refractivity contribution is -0.130. The quantitative estimate of drug-likeness (QED) is 0.0809. The van der Waals surface area contributed by atoms with Gasteiger partial charge in [0.1, 0.15) is 23.3 Å². The molecule has 0 aliphatic rings. The van der Waals surface area contributed by atoms with Crippen molar-refractivity contribution < 1.29 is 43.3 Å². The summed E-state index contributed by atoms with van der Waals surface area (Å²) >= 11 is 0. The largest absolute Gasteiger partial charge is 0.465 e. The van der Waals surface area contributed by atoms with E-state index in [9.17, 15) is 24.0 Å². The maximum atomic E-state index is 13.5. The van der Waals surface area contributed by atoms with Crippen molar-refractivity contribution in [3.8, 4) is 0 Å². The number of hydrogen-bond donors (Lipinski definition) is 6. The number of carboxylic acid groups (broad SMARTS) is 1. The monoisotopic (exact) mass is 707 g/mol. The summed E-state index contributed by atoms with van der Waals surface area (Å²) in [6, 6.07) is 8.09. The second kappa shape index (κ2) is 24.1. The Bertz CT molecular complexity index is 1150. The average Bonchev–Trinajstić information content (AvgIpc) is 3.01. The molecule has 1 rings (SSSR count). The van der Waals surface area contributed by atoms with Gasteiger partial charge in [-0.25, -0.2) is 14.4 Å². The summed E-state index contributed by atoms with van der Waals surface area (Å²) in [7, 11) is 0. The molecule has 1 aromatic rings. The number of carbonyl (C=O) groups excluding carboxylic acids is 4. The van der Waals surface area contributed by atoms with E-state index in [1.807, 2.05) is 30.3 Å². The van der Waals surface area contributed by atoms with Gasteiger partial charge in [0.15, 0.2) is 0 Å². The van der Waals surface area contributed by atoms with E-state index in [0.29, 0.717) is 52.0 Å². The van der Waals surface area contributed by atoms with Crippen LogP contribution in [0.5, 0.6) is 0 Å². The van der Waals surface area contributed by atoms with Crippen LogP contribution < -0.4 is 26.6 Å². The molecule has 0 aliphatic heterocycles. The Labute approximate surface area is 297 Å². The number of hydrogen-bond acceptors (Lipinski definition) is 8. The van der Waals surface area contributed by atoms with Gasteiger partial charge in [-0.1, -0.05) is 43.2 Å². The molecule has 14 nitrogen and oxygen atoms in total. The predicted molar refractivity (Wildman–Crippen MR) is 191 cm³/mol. The van der Waals surface area contributed by atoms with Crippen LogP contribution in [0.3, 0.4) is 0 Å². The van der Waals surface area contributed by atoms with Crippen molar-refractivity contribution in [1.29, 1.82) is 0 Å². The van der Waals surface area contributed by atoms with Crippen molar-refractivity contribution in [1.82, 2.24) is 26.6 Å². The molecule has 6 N–H and O–H groups in total. The molecule has 2 atom stereocenters. The van der Waals surface area contributed by atoms with E-state index in [-0.39, 0.29) is 25.3 Å². The van der Waals surface area contributed by atoms with Crippen LogP contribution in [-0.4, -0.2) is 84.7 Å². The predicted octanol–water partition coefficient (Wildman–Crippen LogP) is 5.39. The third-order valence-corrected chi connectivity index (χ3v) is 7.05. The smallest absolute Gasteiger partial charge is 0.408 e. The Balaban J connectivity index is 2.70. The average molecular weight is 708 g/mol.